The number of hydrogen-bond donors (Lipinski definition) is 1. The van der Waals surface area contributed by atoms with Gasteiger partial charge in [0.15, 0.2) is 10.2 Å². The van der Waals surface area contributed by atoms with Gasteiger partial charge in [-0.05, 0) is 53.3 Å². The number of anilines is 1. The van der Waals surface area contributed by atoms with E-state index in [1.807, 2.05) is 43.3 Å². The summed E-state index contributed by atoms with van der Waals surface area (Å²) in [5, 5.41) is -0.898. The van der Waals surface area contributed by atoms with Crippen LogP contribution < -0.4 is 4.31 Å². The predicted molar refractivity (Wildman–Crippen MR) is 175 cm³/mol. The highest BCUT2D eigenvalue weighted by Gasteiger charge is 2.74. The molecule has 3 heterocycles. The Morgan fingerprint density at radius 1 is 1.00 bits per heavy atom. The standard InChI is InChI=1S/C33H33N3O5S3/c1-3-19-41-21-43-29-28(37)35-30-32(20-33(35,42)31(38)34(29)2,25-18-17-22-11-7-8-14-24(22)25)26-15-9-10-16-27(26)36(30)44(39,40)23-12-5-4-6-13-23/h4-16,18,29-30,42H,3,17,19-21H2,1-2H3/t29-,30-,32-,33-/m0/s1. The normalized spacial score (nSPS) is 27.2. The van der Waals surface area contributed by atoms with Crippen molar-refractivity contribution in [3.8, 4) is 0 Å². The molecule has 44 heavy (non-hydrogen) atoms. The molecule has 11 heteroatoms. The lowest BCUT2D eigenvalue weighted by Gasteiger charge is -2.48. The molecular formula is C33H33N3O5S3. The first-order chi connectivity index (χ1) is 21.2. The van der Waals surface area contributed by atoms with E-state index in [0.29, 0.717) is 18.7 Å². The first kappa shape index (κ1) is 29.5. The number of benzene rings is 3. The molecule has 0 bridgehead atoms. The van der Waals surface area contributed by atoms with Crippen molar-refractivity contribution in [3.05, 3.63) is 102 Å². The van der Waals surface area contributed by atoms with Gasteiger partial charge >= 0.3 is 0 Å². The molecule has 4 aliphatic rings. The Hall–Kier alpha value is -3.25. The van der Waals surface area contributed by atoms with E-state index in [1.54, 1.807) is 43.4 Å². The zero-order chi connectivity index (χ0) is 30.9. The summed E-state index contributed by atoms with van der Waals surface area (Å²) in [5.41, 5.74) is 3.22. The van der Waals surface area contributed by atoms with Crippen LogP contribution in [-0.2, 0) is 36.2 Å². The molecule has 1 aliphatic carbocycles. The van der Waals surface area contributed by atoms with E-state index in [0.717, 1.165) is 28.7 Å². The van der Waals surface area contributed by atoms with Crippen LogP contribution in [0.1, 0.15) is 36.5 Å². The minimum absolute atomic E-state index is 0.106. The van der Waals surface area contributed by atoms with Crippen LogP contribution in [0.3, 0.4) is 0 Å². The highest BCUT2D eigenvalue weighted by Crippen LogP contribution is 2.66. The Morgan fingerprint density at radius 3 is 2.48 bits per heavy atom. The third-order valence-corrected chi connectivity index (χ3v) is 12.7. The number of amides is 2. The van der Waals surface area contributed by atoms with Gasteiger partial charge in [0.25, 0.3) is 21.8 Å². The monoisotopic (exact) mass is 647 g/mol. The van der Waals surface area contributed by atoms with Gasteiger partial charge in [-0.3, -0.25) is 14.5 Å². The fourth-order valence-corrected chi connectivity index (χ4v) is 10.6. The maximum absolute atomic E-state index is 14.7. The van der Waals surface area contributed by atoms with E-state index in [2.05, 4.69) is 12.1 Å². The maximum Gasteiger partial charge on any atom is 0.266 e. The fourth-order valence-electron chi connectivity index (χ4n) is 7.41. The van der Waals surface area contributed by atoms with Crippen molar-refractivity contribution < 1.29 is 22.7 Å². The topological polar surface area (TPSA) is 87.2 Å². The van der Waals surface area contributed by atoms with Gasteiger partial charge in [-0.25, -0.2) is 12.7 Å². The van der Waals surface area contributed by atoms with E-state index in [-0.39, 0.29) is 29.1 Å². The van der Waals surface area contributed by atoms with Crippen molar-refractivity contribution in [2.75, 3.05) is 23.9 Å². The average Bonchev–Trinajstić information content (AvgIpc) is 3.67. The van der Waals surface area contributed by atoms with Crippen molar-refractivity contribution in [2.24, 2.45) is 0 Å². The van der Waals surface area contributed by atoms with E-state index < -0.39 is 31.8 Å². The number of para-hydroxylation sites is 1. The van der Waals surface area contributed by atoms with Gasteiger partial charge in [0.05, 0.1) is 21.9 Å². The number of allylic oxidation sites excluding steroid dienone is 1. The van der Waals surface area contributed by atoms with Gasteiger partial charge < -0.3 is 9.64 Å². The number of hydrogen-bond acceptors (Lipinski definition) is 7. The molecule has 0 unspecified atom stereocenters. The molecule has 228 valence electrons. The van der Waals surface area contributed by atoms with Crippen LogP contribution in [0, 0.1) is 0 Å². The average molecular weight is 648 g/mol. The predicted octanol–water partition coefficient (Wildman–Crippen LogP) is 4.87. The molecule has 0 saturated carbocycles. The smallest absolute Gasteiger partial charge is 0.266 e. The number of likely N-dealkylation sites (N-methyl/N-ethyl adjacent to an activating group) is 1. The second kappa shape index (κ2) is 10.7. The summed E-state index contributed by atoms with van der Waals surface area (Å²) in [7, 11) is -2.59. The number of sulfonamides is 1. The highest BCUT2D eigenvalue weighted by molar-refractivity contribution is 8.00. The molecule has 4 atom stereocenters. The van der Waals surface area contributed by atoms with Gasteiger partial charge in [0.1, 0.15) is 6.17 Å². The molecule has 2 amide bonds. The summed E-state index contributed by atoms with van der Waals surface area (Å²) in [6.07, 6.45) is 2.68. The van der Waals surface area contributed by atoms with Crippen molar-refractivity contribution >= 4 is 57.5 Å². The van der Waals surface area contributed by atoms with E-state index >= 15 is 0 Å². The zero-order valence-corrected chi connectivity index (χ0v) is 26.9. The molecule has 2 saturated heterocycles. The van der Waals surface area contributed by atoms with Crippen LogP contribution in [0.25, 0.3) is 5.57 Å². The Kier molecular flexibility index (Phi) is 7.15. The summed E-state index contributed by atoms with van der Waals surface area (Å²) in [5.74, 6) is -0.494. The molecule has 0 N–H and O–H groups in total. The van der Waals surface area contributed by atoms with Crippen molar-refractivity contribution in [1.82, 2.24) is 9.80 Å². The van der Waals surface area contributed by atoms with Crippen LogP contribution in [0.15, 0.2) is 89.8 Å². The maximum atomic E-state index is 14.7. The molecule has 0 aromatic heterocycles. The van der Waals surface area contributed by atoms with Gasteiger partial charge in [-0.2, -0.15) is 0 Å². The Balaban J connectivity index is 1.47. The number of nitrogens with zero attached hydrogens (tertiary/aromatic N) is 3. The number of rotatable bonds is 8. The lowest BCUT2D eigenvalue weighted by Crippen LogP contribution is -2.69. The highest BCUT2D eigenvalue weighted by atomic mass is 32.2. The molecule has 3 aliphatic heterocycles. The second-order valence-corrected chi connectivity index (χ2v) is 15.2. The largest absolute Gasteiger partial charge is 0.371 e. The SMILES string of the molecule is CCCOCS[C@H]1C(=O)N2[C@H]3N(S(=O)(=O)c4ccccc4)c4ccccc4[C@@]3(C3=CCc4ccccc43)C[C@]2(S)C(=O)N1C. The van der Waals surface area contributed by atoms with Crippen molar-refractivity contribution in [3.63, 3.8) is 0 Å². The molecule has 7 rings (SSSR count). The van der Waals surface area contributed by atoms with E-state index in [4.69, 9.17) is 17.4 Å². The van der Waals surface area contributed by atoms with Crippen LogP contribution in [0.4, 0.5) is 5.69 Å². The minimum Gasteiger partial charge on any atom is -0.371 e. The molecule has 3 aromatic rings. The summed E-state index contributed by atoms with van der Waals surface area (Å²) in [4.78, 5) is 30.5. The number of carbonyl (C=O) groups is 2. The quantitative estimate of drug-likeness (QED) is 0.213. The Bertz CT molecular complexity index is 1800. The lowest BCUT2D eigenvalue weighted by atomic mass is 9.70. The summed E-state index contributed by atoms with van der Waals surface area (Å²) in [6, 6.07) is 23.7. The third kappa shape index (κ3) is 3.98. The minimum atomic E-state index is -4.20. The zero-order valence-electron chi connectivity index (χ0n) is 24.4. The first-order valence-corrected chi connectivity index (χ1v) is 17.6. The number of carbonyl (C=O) groups excluding carboxylic acids is 2. The molecule has 0 spiro atoms. The molecule has 3 aromatic carbocycles. The van der Waals surface area contributed by atoms with Gasteiger partial charge in [-0.1, -0.05) is 85.4 Å². The number of thioether (sulfide) groups is 1. The van der Waals surface area contributed by atoms with Gasteiger partial charge in [0.2, 0.25) is 0 Å². The number of fused-ring (bicyclic) bond motifs is 6. The number of ether oxygens (including phenoxy) is 1. The Morgan fingerprint density at radius 2 is 1.70 bits per heavy atom. The van der Waals surface area contributed by atoms with Crippen LogP contribution in [0.2, 0.25) is 0 Å². The van der Waals surface area contributed by atoms with Crippen LogP contribution in [0.5, 0.6) is 0 Å². The number of piperazine rings is 1. The molecule has 2 fully saturated rings. The van der Waals surface area contributed by atoms with E-state index in [1.165, 1.54) is 25.9 Å². The fraction of sp³-hybridized carbons (Fsp3) is 0.333. The van der Waals surface area contributed by atoms with Crippen LogP contribution >= 0.6 is 24.4 Å². The van der Waals surface area contributed by atoms with E-state index in [9.17, 15) is 18.0 Å². The summed E-state index contributed by atoms with van der Waals surface area (Å²) in [6.45, 7) is 2.53. The summed E-state index contributed by atoms with van der Waals surface area (Å²) < 4.78 is 36.5. The van der Waals surface area contributed by atoms with Gasteiger partial charge in [-0.15, -0.1) is 12.6 Å². The van der Waals surface area contributed by atoms with Gasteiger partial charge in [0, 0.05) is 20.1 Å². The Labute approximate surface area is 267 Å². The third-order valence-electron chi connectivity index (χ3n) is 9.19. The van der Waals surface area contributed by atoms with Crippen molar-refractivity contribution in [2.45, 2.75) is 52.9 Å². The lowest BCUT2D eigenvalue weighted by molar-refractivity contribution is -0.157. The van der Waals surface area contributed by atoms with Crippen LogP contribution in [-0.4, -0.2) is 66.0 Å². The number of thiol groups is 1. The molecule has 0 radical (unpaired) electrons. The summed E-state index contributed by atoms with van der Waals surface area (Å²) >= 11 is 6.27. The second-order valence-electron chi connectivity index (χ2n) is 11.6. The molecular weight excluding hydrogens is 615 g/mol. The molecule has 8 nitrogen and oxygen atoms in total. The van der Waals surface area contributed by atoms with Crippen molar-refractivity contribution in [1.29, 1.82) is 0 Å². The first-order valence-electron chi connectivity index (χ1n) is 14.7.